The SMILES string of the molecule is CN(Cc1ccc(N(C)C)cc1)C(=O)COC(=O)C12CCC(=O)N1c1ccccc1C(=O)N2C1CC1. The Hall–Kier alpha value is -3.88. The van der Waals surface area contributed by atoms with Gasteiger partial charge in [0, 0.05) is 52.3 Å². The molecule has 3 aliphatic rings. The number of benzene rings is 2. The summed E-state index contributed by atoms with van der Waals surface area (Å²) in [5.74, 6) is -1.62. The van der Waals surface area contributed by atoms with Crippen LogP contribution in [0.2, 0.25) is 0 Å². The summed E-state index contributed by atoms with van der Waals surface area (Å²) in [6, 6.07) is 14.6. The number of ether oxygens (including phenoxy) is 1. The maximum Gasteiger partial charge on any atom is 0.354 e. The number of hydrogen-bond donors (Lipinski definition) is 0. The van der Waals surface area contributed by atoms with E-state index >= 15 is 0 Å². The zero-order valence-electron chi connectivity index (χ0n) is 20.8. The van der Waals surface area contributed by atoms with E-state index in [4.69, 9.17) is 4.74 Å². The monoisotopic (exact) mass is 490 g/mol. The van der Waals surface area contributed by atoms with Crippen molar-refractivity contribution in [3.8, 4) is 0 Å². The predicted octanol–water partition coefficient (Wildman–Crippen LogP) is 2.40. The number of nitrogens with zero attached hydrogens (tertiary/aromatic N) is 4. The van der Waals surface area contributed by atoms with Gasteiger partial charge in [-0.2, -0.15) is 0 Å². The van der Waals surface area contributed by atoms with Crippen LogP contribution in [0.1, 0.15) is 41.6 Å². The second kappa shape index (κ2) is 8.96. The molecule has 0 N–H and O–H groups in total. The van der Waals surface area contributed by atoms with Crippen molar-refractivity contribution in [2.45, 2.75) is 43.9 Å². The average molecular weight is 491 g/mol. The first-order valence-corrected chi connectivity index (χ1v) is 12.2. The summed E-state index contributed by atoms with van der Waals surface area (Å²) in [7, 11) is 5.57. The highest BCUT2D eigenvalue weighted by Crippen LogP contribution is 2.49. The molecule has 1 unspecified atom stereocenters. The van der Waals surface area contributed by atoms with Crippen LogP contribution in [0.5, 0.6) is 0 Å². The smallest absolute Gasteiger partial charge is 0.354 e. The number of rotatable bonds is 7. The lowest BCUT2D eigenvalue weighted by molar-refractivity contribution is -0.162. The van der Waals surface area contributed by atoms with E-state index in [0.717, 1.165) is 24.1 Å². The average Bonchev–Trinajstić information content (AvgIpc) is 3.64. The Morgan fingerprint density at radius 2 is 1.72 bits per heavy atom. The quantitative estimate of drug-likeness (QED) is 0.554. The molecular weight excluding hydrogens is 460 g/mol. The van der Waals surface area contributed by atoms with Crippen LogP contribution < -0.4 is 9.80 Å². The fourth-order valence-corrected chi connectivity index (χ4v) is 5.13. The first-order chi connectivity index (χ1) is 17.2. The standard InChI is InChI=1S/C27H30N4O5/c1-28(2)19-10-8-18(9-11-19)16-29(3)24(33)17-36-26(35)27-15-14-23(32)31(27)22-7-5-4-6-21(22)25(34)30(27)20-12-13-20/h4-11,20H,12-17H2,1-3H3. The Morgan fingerprint density at radius 1 is 1.03 bits per heavy atom. The highest BCUT2D eigenvalue weighted by atomic mass is 16.5. The molecule has 1 aliphatic carbocycles. The van der Waals surface area contributed by atoms with E-state index < -0.39 is 18.2 Å². The van der Waals surface area contributed by atoms with E-state index in [1.54, 1.807) is 31.3 Å². The van der Waals surface area contributed by atoms with Crippen molar-refractivity contribution >= 4 is 35.1 Å². The number of likely N-dealkylation sites (N-methyl/N-ethyl adjacent to an activating group) is 1. The number of esters is 1. The summed E-state index contributed by atoms with van der Waals surface area (Å²) in [4.78, 5) is 59.4. The Bertz CT molecular complexity index is 1220. The molecule has 0 radical (unpaired) electrons. The molecule has 2 fully saturated rings. The molecule has 0 bridgehead atoms. The molecular formula is C27H30N4O5. The van der Waals surface area contributed by atoms with Gasteiger partial charge in [0.1, 0.15) is 0 Å². The highest BCUT2D eigenvalue weighted by molar-refractivity contribution is 6.15. The number of fused-ring (bicyclic) bond motifs is 3. The molecule has 2 aromatic rings. The zero-order valence-corrected chi connectivity index (χ0v) is 20.8. The molecule has 0 aromatic heterocycles. The second-order valence-corrected chi connectivity index (χ2v) is 9.86. The first kappa shape index (κ1) is 23.8. The number of anilines is 2. The maximum absolute atomic E-state index is 13.6. The highest BCUT2D eigenvalue weighted by Gasteiger charge is 2.64. The summed E-state index contributed by atoms with van der Waals surface area (Å²) >= 11 is 0. The molecule has 9 heteroatoms. The van der Waals surface area contributed by atoms with E-state index in [9.17, 15) is 19.2 Å². The molecule has 1 atom stereocenters. The van der Waals surface area contributed by atoms with Crippen molar-refractivity contribution in [2.75, 3.05) is 37.5 Å². The summed E-state index contributed by atoms with van der Waals surface area (Å²) < 4.78 is 5.55. The Kier molecular flexibility index (Phi) is 5.94. The van der Waals surface area contributed by atoms with Crippen LogP contribution in [-0.2, 0) is 25.7 Å². The molecule has 1 saturated carbocycles. The van der Waals surface area contributed by atoms with Gasteiger partial charge in [-0.15, -0.1) is 0 Å². The lowest BCUT2D eigenvalue weighted by Crippen LogP contribution is -2.69. The normalized spacial score (nSPS) is 20.6. The van der Waals surface area contributed by atoms with Crippen molar-refractivity contribution in [3.05, 3.63) is 59.7 Å². The minimum atomic E-state index is -1.55. The van der Waals surface area contributed by atoms with Crippen molar-refractivity contribution in [1.82, 2.24) is 9.80 Å². The van der Waals surface area contributed by atoms with E-state index in [1.807, 2.05) is 43.3 Å². The minimum absolute atomic E-state index is 0.122. The Balaban J connectivity index is 1.33. The van der Waals surface area contributed by atoms with E-state index in [0.29, 0.717) is 17.8 Å². The summed E-state index contributed by atoms with van der Waals surface area (Å²) in [5.41, 5.74) is 1.27. The minimum Gasteiger partial charge on any atom is -0.452 e. The molecule has 5 rings (SSSR count). The lowest BCUT2D eigenvalue weighted by Gasteiger charge is -2.48. The van der Waals surface area contributed by atoms with Gasteiger partial charge in [0.25, 0.3) is 11.8 Å². The fraction of sp³-hybridized carbons (Fsp3) is 0.407. The third kappa shape index (κ3) is 3.88. The number of para-hydroxylation sites is 1. The zero-order chi connectivity index (χ0) is 25.6. The molecule has 36 heavy (non-hydrogen) atoms. The lowest BCUT2D eigenvalue weighted by atomic mass is 9.96. The summed E-state index contributed by atoms with van der Waals surface area (Å²) in [5, 5.41) is 0. The van der Waals surface area contributed by atoms with Gasteiger partial charge >= 0.3 is 5.97 Å². The third-order valence-corrected chi connectivity index (χ3v) is 7.16. The van der Waals surface area contributed by atoms with Gasteiger partial charge in [0.15, 0.2) is 6.61 Å². The first-order valence-electron chi connectivity index (χ1n) is 12.2. The van der Waals surface area contributed by atoms with Crippen molar-refractivity contribution in [3.63, 3.8) is 0 Å². The molecule has 9 nitrogen and oxygen atoms in total. The van der Waals surface area contributed by atoms with Gasteiger partial charge in [-0.3, -0.25) is 19.3 Å². The molecule has 188 valence electrons. The molecule has 1 saturated heterocycles. The topological polar surface area (TPSA) is 90.5 Å². The predicted molar refractivity (Wildman–Crippen MR) is 133 cm³/mol. The number of carbonyl (C=O) groups is 4. The van der Waals surface area contributed by atoms with Crippen LogP contribution >= 0.6 is 0 Å². The van der Waals surface area contributed by atoms with E-state index in [-0.39, 0.29) is 36.6 Å². The summed E-state index contributed by atoms with van der Waals surface area (Å²) in [6.07, 6.45) is 1.79. The van der Waals surface area contributed by atoms with Crippen LogP contribution in [0, 0.1) is 0 Å². The van der Waals surface area contributed by atoms with Gasteiger partial charge in [-0.1, -0.05) is 24.3 Å². The molecule has 2 aromatic carbocycles. The van der Waals surface area contributed by atoms with Gasteiger partial charge in [0.05, 0.1) is 11.3 Å². The van der Waals surface area contributed by atoms with E-state index in [2.05, 4.69) is 0 Å². The fourth-order valence-electron chi connectivity index (χ4n) is 5.13. The van der Waals surface area contributed by atoms with Crippen molar-refractivity contribution in [1.29, 1.82) is 0 Å². The maximum atomic E-state index is 13.6. The number of amides is 3. The van der Waals surface area contributed by atoms with Crippen molar-refractivity contribution < 1.29 is 23.9 Å². The van der Waals surface area contributed by atoms with Crippen LogP contribution in [0.3, 0.4) is 0 Å². The van der Waals surface area contributed by atoms with Gasteiger partial charge < -0.3 is 19.4 Å². The van der Waals surface area contributed by atoms with Gasteiger partial charge in [-0.25, -0.2) is 4.79 Å². The molecule has 3 amide bonds. The van der Waals surface area contributed by atoms with Gasteiger partial charge in [0.2, 0.25) is 11.6 Å². The third-order valence-electron chi connectivity index (χ3n) is 7.16. The molecule has 2 aliphatic heterocycles. The van der Waals surface area contributed by atoms with E-state index in [1.165, 1.54) is 14.7 Å². The second-order valence-electron chi connectivity index (χ2n) is 9.86. The number of hydrogen-bond acceptors (Lipinski definition) is 6. The van der Waals surface area contributed by atoms with Crippen LogP contribution in [-0.4, -0.2) is 72.9 Å². The van der Waals surface area contributed by atoms with Crippen LogP contribution in [0.15, 0.2) is 48.5 Å². The molecule has 2 heterocycles. The van der Waals surface area contributed by atoms with Crippen molar-refractivity contribution in [2.24, 2.45) is 0 Å². The van der Waals surface area contributed by atoms with Crippen LogP contribution in [0.25, 0.3) is 0 Å². The van der Waals surface area contributed by atoms with Crippen LogP contribution in [0.4, 0.5) is 11.4 Å². The number of carbonyl (C=O) groups excluding carboxylic acids is 4. The molecule has 0 spiro atoms. The Morgan fingerprint density at radius 3 is 2.39 bits per heavy atom. The largest absolute Gasteiger partial charge is 0.452 e. The van der Waals surface area contributed by atoms with Gasteiger partial charge in [-0.05, 0) is 42.7 Å². The summed E-state index contributed by atoms with van der Waals surface area (Å²) in [6.45, 7) is -0.108. The Labute approximate surface area is 210 Å².